The maximum Gasteiger partial charge on any atom is 0.328 e. The number of carbonyl (C=O) groups is 4. The van der Waals surface area contributed by atoms with Gasteiger partial charge in [0.15, 0.2) is 0 Å². The van der Waals surface area contributed by atoms with Crippen LogP contribution >= 0.6 is 0 Å². The Morgan fingerprint density at radius 2 is 2.00 bits per heavy atom. The van der Waals surface area contributed by atoms with Crippen LogP contribution < -0.4 is 11.1 Å². The normalized spacial score (nSPS) is 26.2. The third-order valence-electron chi connectivity index (χ3n) is 3.42. The van der Waals surface area contributed by atoms with E-state index >= 15 is 0 Å². The minimum Gasteiger partial charge on any atom is -0.480 e. The molecule has 2 aliphatic rings. The molecule has 0 aromatic heterocycles. The van der Waals surface area contributed by atoms with Crippen LogP contribution in [0.5, 0.6) is 0 Å². The van der Waals surface area contributed by atoms with Gasteiger partial charge in [0.05, 0.1) is 13.2 Å². The van der Waals surface area contributed by atoms with Gasteiger partial charge in [0, 0.05) is 13.1 Å². The number of hydrogen-bond acceptors (Lipinski definition) is 5. The number of nitrogens with two attached hydrogens (primary N) is 1. The minimum atomic E-state index is -1.23. The molecule has 0 spiro atoms. The van der Waals surface area contributed by atoms with Gasteiger partial charge in [-0.25, -0.2) is 9.59 Å². The van der Waals surface area contributed by atoms with E-state index in [1.807, 2.05) is 0 Å². The molecule has 2 aliphatic heterocycles. The Labute approximate surface area is 119 Å². The highest BCUT2D eigenvalue weighted by atomic mass is 16.5. The monoisotopic (exact) mass is 300 g/mol. The standard InChI is InChI=1S/C11H16N4O6/c12-9(17)7-5-21-2-1-14(7)11(20)15-4-8(16)13-3-6(15)10(18)19/h6-7H,1-5H2,(H2,12,17)(H,13,16)(H,18,19). The van der Waals surface area contributed by atoms with Crippen LogP contribution in [0.25, 0.3) is 0 Å². The lowest BCUT2D eigenvalue weighted by atomic mass is 10.1. The van der Waals surface area contributed by atoms with E-state index < -0.39 is 35.9 Å². The molecule has 0 aromatic rings. The first-order valence-corrected chi connectivity index (χ1v) is 6.35. The highest BCUT2D eigenvalue weighted by molar-refractivity contribution is 5.92. The van der Waals surface area contributed by atoms with E-state index in [0.717, 1.165) is 9.80 Å². The summed E-state index contributed by atoms with van der Waals surface area (Å²) in [6, 6.07) is -2.85. The van der Waals surface area contributed by atoms with Gasteiger partial charge in [0.1, 0.15) is 18.6 Å². The molecule has 0 aliphatic carbocycles. The van der Waals surface area contributed by atoms with Crippen LogP contribution in [0.15, 0.2) is 0 Å². The fourth-order valence-electron chi connectivity index (χ4n) is 2.30. The predicted octanol–water partition coefficient (Wildman–Crippen LogP) is -2.82. The maximum absolute atomic E-state index is 12.5. The Kier molecular flexibility index (Phi) is 4.26. The third-order valence-corrected chi connectivity index (χ3v) is 3.42. The summed E-state index contributed by atoms with van der Waals surface area (Å²) >= 11 is 0. The molecule has 10 nitrogen and oxygen atoms in total. The van der Waals surface area contributed by atoms with Gasteiger partial charge >= 0.3 is 12.0 Å². The van der Waals surface area contributed by atoms with E-state index in [1.165, 1.54) is 0 Å². The molecule has 2 rings (SSSR count). The van der Waals surface area contributed by atoms with Gasteiger partial charge < -0.3 is 25.8 Å². The molecule has 2 heterocycles. The average molecular weight is 300 g/mol. The molecular formula is C11H16N4O6. The molecule has 116 valence electrons. The summed E-state index contributed by atoms with van der Waals surface area (Å²) in [5.74, 6) is -2.42. The van der Waals surface area contributed by atoms with E-state index in [0.29, 0.717) is 0 Å². The van der Waals surface area contributed by atoms with Crippen molar-refractivity contribution in [2.75, 3.05) is 32.8 Å². The molecule has 4 amide bonds. The second-order valence-electron chi connectivity index (χ2n) is 4.76. The van der Waals surface area contributed by atoms with Crippen LogP contribution in [0.2, 0.25) is 0 Å². The predicted molar refractivity (Wildman–Crippen MR) is 67.0 cm³/mol. The number of primary amides is 1. The number of morpholine rings is 1. The molecule has 0 saturated carbocycles. The number of ether oxygens (including phenoxy) is 1. The Hall–Kier alpha value is -2.36. The van der Waals surface area contributed by atoms with Gasteiger partial charge in [-0.1, -0.05) is 0 Å². The van der Waals surface area contributed by atoms with Gasteiger partial charge in [-0.3, -0.25) is 14.5 Å². The van der Waals surface area contributed by atoms with Crippen molar-refractivity contribution in [2.24, 2.45) is 5.73 Å². The van der Waals surface area contributed by atoms with E-state index in [9.17, 15) is 19.2 Å². The first kappa shape index (κ1) is 15.0. The molecule has 0 aromatic carbocycles. The van der Waals surface area contributed by atoms with Crippen molar-refractivity contribution >= 4 is 23.8 Å². The number of hydrogen-bond donors (Lipinski definition) is 3. The number of carboxylic acids is 1. The number of carbonyl (C=O) groups excluding carboxylic acids is 3. The summed E-state index contributed by atoms with van der Waals surface area (Å²) in [5, 5.41) is 11.5. The van der Waals surface area contributed by atoms with Crippen molar-refractivity contribution in [3.05, 3.63) is 0 Å². The molecule has 0 bridgehead atoms. The van der Waals surface area contributed by atoms with E-state index in [4.69, 9.17) is 15.6 Å². The number of urea groups is 1. The molecule has 2 atom stereocenters. The summed E-state index contributed by atoms with van der Waals surface area (Å²) in [6.07, 6.45) is 0. The number of piperazine rings is 1. The molecule has 21 heavy (non-hydrogen) atoms. The summed E-state index contributed by atoms with van der Waals surface area (Å²) in [4.78, 5) is 48.5. The van der Waals surface area contributed by atoms with Gasteiger partial charge in [0.2, 0.25) is 11.8 Å². The number of amides is 4. The Morgan fingerprint density at radius 3 is 2.62 bits per heavy atom. The fourth-order valence-corrected chi connectivity index (χ4v) is 2.30. The lowest BCUT2D eigenvalue weighted by molar-refractivity contribution is -0.144. The zero-order valence-corrected chi connectivity index (χ0v) is 11.2. The van der Waals surface area contributed by atoms with Crippen molar-refractivity contribution in [3.63, 3.8) is 0 Å². The van der Waals surface area contributed by atoms with Crippen LogP contribution in [-0.2, 0) is 19.1 Å². The zero-order valence-electron chi connectivity index (χ0n) is 11.2. The van der Waals surface area contributed by atoms with Gasteiger partial charge in [-0.2, -0.15) is 0 Å². The Balaban J connectivity index is 2.20. The summed E-state index contributed by atoms with van der Waals surface area (Å²) in [6.45, 7) is -0.271. The van der Waals surface area contributed by atoms with Crippen molar-refractivity contribution in [3.8, 4) is 0 Å². The summed E-state index contributed by atoms with van der Waals surface area (Å²) < 4.78 is 5.10. The van der Waals surface area contributed by atoms with Crippen LogP contribution in [0.4, 0.5) is 4.79 Å². The highest BCUT2D eigenvalue weighted by Crippen LogP contribution is 2.14. The molecule has 4 N–H and O–H groups in total. The summed E-state index contributed by atoms with van der Waals surface area (Å²) in [5.41, 5.74) is 5.22. The largest absolute Gasteiger partial charge is 0.480 e. The highest BCUT2D eigenvalue weighted by Gasteiger charge is 2.41. The van der Waals surface area contributed by atoms with Gasteiger partial charge in [-0.05, 0) is 0 Å². The van der Waals surface area contributed by atoms with Crippen LogP contribution in [0.3, 0.4) is 0 Å². The Bertz CT molecular complexity index is 481. The van der Waals surface area contributed by atoms with Gasteiger partial charge in [-0.15, -0.1) is 0 Å². The molecule has 2 unspecified atom stereocenters. The first-order chi connectivity index (χ1) is 9.91. The lowest BCUT2D eigenvalue weighted by Crippen LogP contribution is -2.65. The second kappa shape index (κ2) is 5.95. The van der Waals surface area contributed by atoms with Crippen LogP contribution in [0, 0.1) is 0 Å². The van der Waals surface area contributed by atoms with Crippen molar-refractivity contribution in [2.45, 2.75) is 12.1 Å². The Morgan fingerprint density at radius 1 is 1.29 bits per heavy atom. The van der Waals surface area contributed by atoms with Crippen LogP contribution in [-0.4, -0.2) is 83.7 Å². The quantitative estimate of drug-likeness (QED) is 0.502. The number of nitrogens with zero attached hydrogens (tertiary/aromatic N) is 2. The summed E-state index contributed by atoms with van der Waals surface area (Å²) in [7, 11) is 0. The number of carboxylic acid groups (broad SMARTS) is 1. The van der Waals surface area contributed by atoms with Gasteiger partial charge in [0.25, 0.3) is 0 Å². The van der Waals surface area contributed by atoms with E-state index in [-0.39, 0.29) is 32.8 Å². The molecule has 2 fully saturated rings. The average Bonchev–Trinajstić information content (AvgIpc) is 2.46. The number of aliphatic carboxylic acids is 1. The third kappa shape index (κ3) is 3.05. The van der Waals surface area contributed by atoms with Crippen molar-refractivity contribution < 1.29 is 29.0 Å². The van der Waals surface area contributed by atoms with Crippen LogP contribution in [0.1, 0.15) is 0 Å². The fraction of sp³-hybridized carbons (Fsp3) is 0.636. The molecule has 0 radical (unpaired) electrons. The second-order valence-corrected chi connectivity index (χ2v) is 4.76. The first-order valence-electron chi connectivity index (χ1n) is 6.35. The lowest BCUT2D eigenvalue weighted by Gasteiger charge is -2.40. The molecule has 2 saturated heterocycles. The molecule has 10 heteroatoms. The maximum atomic E-state index is 12.5. The van der Waals surface area contributed by atoms with E-state index in [1.54, 1.807) is 0 Å². The van der Waals surface area contributed by atoms with E-state index in [2.05, 4.69) is 5.32 Å². The minimum absolute atomic E-state index is 0.0428. The zero-order chi connectivity index (χ0) is 15.6. The smallest absolute Gasteiger partial charge is 0.328 e. The molecular weight excluding hydrogens is 284 g/mol. The van der Waals surface area contributed by atoms with Crippen molar-refractivity contribution in [1.82, 2.24) is 15.1 Å². The number of rotatable bonds is 2. The van der Waals surface area contributed by atoms with Crippen molar-refractivity contribution in [1.29, 1.82) is 0 Å². The topological polar surface area (TPSA) is 142 Å². The number of nitrogens with one attached hydrogen (secondary N) is 1. The SMILES string of the molecule is NC(=O)C1COCCN1C(=O)N1CC(=O)NCC1C(=O)O.